The Morgan fingerprint density at radius 3 is 2.39 bits per heavy atom. The standard InChI is InChI=1S/C17H13FN2O3/c18-14-4-2-1-3-12(14)10-23-13-7-5-11(6-8-13)9-15-16(21)20-17(22)19-15/h1-9H,10H2,(H2,19,20,21,22). The fourth-order valence-electron chi connectivity index (χ4n) is 2.09. The maximum absolute atomic E-state index is 13.5. The van der Waals surface area contributed by atoms with Crippen LogP contribution in [-0.4, -0.2) is 11.9 Å². The monoisotopic (exact) mass is 312 g/mol. The van der Waals surface area contributed by atoms with E-state index in [-0.39, 0.29) is 18.1 Å². The average Bonchev–Trinajstić information content (AvgIpc) is 2.85. The third-order valence-electron chi connectivity index (χ3n) is 3.26. The highest BCUT2D eigenvalue weighted by Gasteiger charge is 2.22. The Balaban J connectivity index is 1.66. The Kier molecular flexibility index (Phi) is 4.05. The van der Waals surface area contributed by atoms with E-state index in [0.29, 0.717) is 11.3 Å². The fraction of sp³-hybridized carbons (Fsp3) is 0.0588. The molecule has 2 aromatic carbocycles. The summed E-state index contributed by atoms with van der Waals surface area (Å²) >= 11 is 0. The maximum Gasteiger partial charge on any atom is 0.326 e. The molecule has 1 heterocycles. The highest BCUT2D eigenvalue weighted by Crippen LogP contribution is 2.17. The number of urea groups is 1. The van der Waals surface area contributed by atoms with Crippen molar-refractivity contribution in [3.63, 3.8) is 0 Å². The Labute approximate surface area is 131 Å². The van der Waals surface area contributed by atoms with Crippen molar-refractivity contribution in [3.8, 4) is 5.75 Å². The Bertz CT molecular complexity index is 785. The first-order valence-electron chi connectivity index (χ1n) is 6.92. The fourth-order valence-corrected chi connectivity index (χ4v) is 2.09. The zero-order chi connectivity index (χ0) is 16.2. The minimum absolute atomic E-state index is 0.131. The molecule has 116 valence electrons. The topological polar surface area (TPSA) is 67.4 Å². The van der Waals surface area contributed by atoms with Crippen molar-refractivity contribution in [1.82, 2.24) is 10.6 Å². The first-order chi connectivity index (χ1) is 11.1. The van der Waals surface area contributed by atoms with Gasteiger partial charge in [-0.1, -0.05) is 30.3 Å². The van der Waals surface area contributed by atoms with Gasteiger partial charge in [0.15, 0.2) is 0 Å². The van der Waals surface area contributed by atoms with E-state index in [1.807, 2.05) is 0 Å². The molecule has 0 aliphatic carbocycles. The third kappa shape index (κ3) is 3.55. The summed E-state index contributed by atoms with van der Waals surface area (Å²) < 4.78 is 19.0. The molecule has 1 saturated heterocycles. The van der Waals surface area contributed by atoms with Crippen LogP contribution in [0.25, 0.3) is 6.08 Å². The molecule has 23 heavy (non-hydrogen) atoms. The Hall–Kier alpha value is -3.15. The molecule has 5 nitrogen and oxygen atoms in total. The summed E-state index contributed by atoms with van der Waals surface area (Å²) in [5, 5.41) is 4.53. The second kappa shape index (κ2) is 6.31. The van der Waals surface area contributed by atoms with Gasteiger partial charge in [-0.3, -0.25) is 10.1 Å². The molecule has 0 atom stereocenters. The molecule has 2 aromatic rings. The van der Waals surface area contributed by atoms with Gasteiger partial charge in [0.1, 0.15) is 23.9 Å². The summed E-state index contributed by atoms with van der Waals surface area (Å²) in [4.78, 5) is 22.4. The molecular formula is C17H13FN2O3. The van der Waals surface area contributed by atoms with Crippen LogP contribution in [0.3, 0.4) is 0 Å². The van der Waals surface area contributed by atoms with Gasteiger partial charge in [-0.25, -0.2) is 9.18 Å². The van der Waals surface area contributed by atoms with Crippen LogP contribution in [0.4, 0.5) is 9.18 Å². The van der Waals surface area contributed by atoms with Gasteiger partial charge in [0.25, 0.3) is 5.91 Å². The summed E-state index contributed by atoms with van der Waals surface area (Å²) in [5.41, 5.74) is 1.40. The van der Waals surface area contributed by atoms with Gasteiger partial charge in [0.05, 0.1) is 0 Å². The smallest absolute Gasteiger partial charge is 0.326 e. The van der Waals surface area contributed by atoms with Gasteiger partial charge >= 0.3 is 6.03 Å². The second-order valence-electron chi connectivity index (χ2n) is 4.92. The van der Waals surface area contributed by atoms with Gasteiger partial charge < -0.3 is 10.1 Å². The van der Waals surface area contributed by atoms with Crippen LogP contribution in [0.15, 0.2) is 54.2 Å². The van der Waals surface area contributed by atoms with Gasteiger partial charge in [0, 0.05) is 5.56 Å². The number of nitrogens with one attached hydrogen (secondary N) is 2. The minimum Gasteiger partial charge on any atom is -0.489 e. The van der Waals surface area contributed by atoms with Gasteiger partial charge in [-0.15, -0.1) is 0 Å². The Morgan fingerprint density at radius 2 is 1.74 bits per heavy atom. The van der Waals surface area contributed by atoms with Crippen LogP contribution in [0.5, 0.6) is 5.75 Å². The van der Waals surface area contributed by atoms with E-state index in [1.54, 1.807) is 48.5 Å². The van der Waals surface area contributed by atoms with Crippen molar-refractivity contribution in [2.24, 2.45) is 0 Å². The number of amides is 3. The number of hydrogen-bond donors (Lipinski definition) is 2. The van der Waals surface area contributed by atoms with Crippen molar-refractivity contribution < 1.29 is 18.7 Å². The molecule has 0 saturated carbocycles. The molecule has 3 amide bonds. The molecule has 0 radical (unpaired) electrons. The number of carbonyl (C=O) groups excluding carboxylic acids is 2. The normalized spacial score (nSPS) is 15.4. The second-order valence-corrected chi connectivity index (χ2v) is 4.92. The van der Waals surface area contributed by atoms with E-state index in [1.165, 1.54) is 6.07 Å². The lowest BCUT2D eigenvalue weighted by Crippen LogP contribution is -2.22. The SMILES string of the molecule is O=C1NC(=O)C(=Cc2ccc(OCc3ccccc3F)cc2)N1. The van der Waals surface area contributed by atoms with Crippen molar-refractivity contribution in [2.75, 3.05) is 0 Å². The average molecular weight is 312 g/mol. The number of rotatable bonds is 4. The van der Waals surface area contributed by atoms with Crippen molar-refractivity contribution >= 4 is 18.0 Å². The number of imide groups is 1. The molecule has 1 aliphatic rings. The number of halogens is 1. The van der Waals surface area contributed by atoms with E-state index >= 15 is 0 Å². The molecule has 0 aromatic heterocycles. The molecule has 0 bridgehead atoms. The van der Waals surface area contributed by atoms with Gasteiger partial charge in [-0.05, 0) is 29.8 Å². The zero-order valence-electron chi connectivity index (χ0n) is 12.0. The molecular weight excluding hydrogens is 299 g/mol. The van der Waals surface area contributed by atoms with Crippen molar-refractivity contribution in [2.45, 2.75) is 6.61 Å². The van der Waals surface area contributed by atoms with E-state index in [4.69, 9.17) is 4.74 Å². The number of benzene rings is 2. The number of ether oxygens (including phenoxy) is 1. The highest BCUT2D eigenvalue weighted by atomic mass is 19.1. The van der Waals surface area contributed by atoms with Crippen LogP contribution >= 0.6 is 0 Å². The summed E-state index contributed by atoms with van der Waals surface area (Å²) in [6, 6.07) is 12.8. The van der Waals surface area contributed by atoms with Crippen molar-refractivity contribution in [1.29, 1.82) is 0 Å². The lowest BCUT2D eigenvalue weighted by Gasteiger charge is -2.07. The lowest BCUT2D eigenvalue weighted by molar-refractivity contribution is -0.115. The molecule has 3 rings (SSSR count). The van der Waals surface area contributed by atoms with E-state index in [0.717, 1.165) is 5.56 Å². The van der Waals surface area contributed by atoms with E-state index < -0.39 is 11.9 Å². The van der Waals surface area contributed by atoms with Crippen LogP contribution in [0, 0.1) is 5.82 Å². The molecule has 2 N–H and O–H groups in total. The maximum atomic E-state index is 13.5. The third-order valence-corrected chi connectivity index (χ3v) is 3.26. The predicted octanol–water partition coefficient (Wildman–Crippen LogP) is 2.58. The van der Waals surface area contributed by atoms with E-state index in [9.17, 15) is 14.0 Å². The number of hydrogen-bond acceptors (Lipinski definition) is 3. The van der Waals surface area contributed by atoms with Gasteiger partial charge in [-0.2, -0.15) is 0 Å². The van der Waals surface area contributed by atoms with Crippen LogP contribution in [-0.2, 0) is 11.4 Å². The predicted molar refractivity (Wildman–Crippen MR) is 81.8 cm³/mol. The zero-order valence-corrected chi connectivity index (χ0v) is 12.0. The van der Waals surface area contributed by atoms with Crippen LogP contribution in [0.1, 0.15) is 11.1 Å². The minimum atomic E-state index is -0.536. The first kappa shape index (κ1) is 14.8. The number of carbonyl (C=O) groups is 2. The largest absolute Gasteiger partial charge is 0.489 e. The lowest BCUT2D eigenvalue weighted by atomic mass is 10.2. The van der Waals surface area contributed by atoms with Gasteiger partial charge in [0.2, 0.25) is 0 Å². The summed E-state index contributed by atoms with van der Waals surface area (Å²) in [7, 11) is 0. The van der Waals surface area contributed by atoms with Crippen LogP contribution < -0.4 is 15.4 Å². The quantitative estimate of drug-likeness (QED) is 0.673. The molecule has 1 aliphatic heterocycles. The molecule has 6 heteroatoms. The first-order valence-corrected chi connectivity index (χ1v) is 6.92. The van der Waals surface area contributed by atoms with Crippen molar-refractivity contribution in [3.05, 3.63) is 71.2 Å². The van der Waals surface area contributed by atoms with Crippen LogP contribution in [0.2, 0.25) is 0 Å². The molecule has 1 fully saturated rings. The molecule has 0 unspecified atom stereocenters. The summed E-state index contributed by atoms with van der Waals surface area (Å²) in [5.74, 6) is -0.193. The molecule has 0 spiro atoms. The summed E-state index contributed by atoms with van der Waals surface area (Å²) in [6.45, 7) is 0.131. The van der Waals surface area contributed by atoms with E-state index in [2.05, 4.69) is 10.6 Å². The highest BCUT2D eigenvalue weighted by molar-refractivity contribution is 6.13. The Morgan fingerprint density at radius 1 is 1.00 bits per heavy atom. The summed E-state index contributed by atoms with van der Waals surface area (Å²) in [6.07, 6.45) is 1.56.